The monoisotopic (exact) mass is 190 g/mol. The Morgan fingerprint density at radius 1 is 1.21 bits per heavy atom. The van der Waals surface area contributed by atoms with Crippen molar-refractivity contribution in [2.45, 2.75) is 26.7 Å². The second-order valence-corrected chi connectivity index (χ2v) is 4.35. The van der Waals surface area contributed by atoms with Crippen LogP contribution in [0, 0.1) is 5.41 Å². The third kappa shape index (κ3) is 1.79. The second-order valence-electron chi connectivity index (χ2n) is 4.35. The van der Waals surface area contributed by atoms with Crippen LogP contribution in [0.25, 0.3) is 0 Å². The molecule has 1 heterocycles. The van der Waals surface area contributed by atoms with Gasteiger partial charge in [0, 0.05) is 5.41 Å². The SMILES string of the molecule is CC1(C)C=CC2=C(C=C1)OC(=O)CC2. The first-order valence-corrected chi connectivity index (χ1v) is 4.89. The number of rotatable bonds is 0. The van der Waals surface area contributed by atoms with Gasteiger partial charge in [-0.1, -0.05) is 32.1 Å². The van der Waals surface area contributed by atoms with Crippen LogP contribution < -0.4 is 0 Å². The van der Waals surface area contributed by atoms with Gasteiger partial charge in [0.2, 0.25) is 0 Å². The average molecular weight is 190 g/mol. The Morgan fingerprint density at radius 3 is 2.71 bits per heavy atom. The molecule has 0 radical (unpaired) electrons. The fourth-order valence-electron chi connectivity index (χ4n) is 1.57. The van der Waals surface area contributed by atoms with E-state index in [1.165, 1.54) is 0 Å². The van der Waals surface area contributed by atoms with Gasteiger partial charge in [0.15, 0.2) is 0 Å². The molecule has 0 fully saturated rings. The summed E-state index contributed by atoms with van der Waals surface area (Å²) in [6, 6.07) is 0. The first kappa shape index (κ1) is 9.25. The lowest BCUT2D eigenvalue weighted by Gasteiger charge is -2.14. The number of allylic oxidation sites excluding steroid dienone is 5. The van der Waals surface area contributed by atoms with Crippen molar-refractivity contribution in [3.63, 3.8) is 0 Å². The molecule has 1 aliphatic heterocycles. The van der Waals surface area contributed by atoms with Gasteiger partial charge in [-0.05, 0) is 18.1 Å². The summed E-state index contributed by atoms with van der Waals surface area (Å²) >= 11 is 0. The average Bonchev–Trinajstić information content (AvgIpc) is 2.26. The van der Waals surface area contributed by atoms with Crippen LogP contribution in [-0.2, 0) is 9.53 Å². The third-order valence-electron chi connectivity index (χ3n) is 2.52. The zero-order chi connectivity index (χ0) is 10.2. The molecular weight excluding hydrogens is 176 g/mol. The van der Waals surface area contributed by atoms with Crippen LogP contribution in [-0.4, -0.2) is 5.97 Å². The zero-order valence-corrected chi connectivity index (χ0v) is 8.54. The van der Waals surface area contributed by atoms with E-state index in [0.29, 0.717) is 6.42 Å². The molecule has 0 aromatic carbocycles. The molecular formula is C12H14O2. The molecule has 0 saturated heterocycles. The van der Waals surface area contributed by atoms with E-state index in [4.69, 9.17) is 4.74 Å². The first-order valence-electron chi connectivity index (χ1n) is 4.89. The van der Waals surface area contributed by atoms with Crippen LogP contribution in [0.3, 0.4) is 0 Å². The maximum absolute atomic E-state index is 11.1. The van der Waals surface area contributed by atoms with E-state index in [-0.39, 0.29) is 11.4 Å². The predicted octanol–water partition coefficient (Wildman–Crippen LogP) is 2.73. The number of carbonyl (C=O) groups is 1. The minimum Gasteiger partial charge on any atom is -0.426 e. The number of carbonyl (C=O) groups excluding carboxylic acids is 1. The topological polar surface area (TPSA) is 26.3 Å². The Kier molecular flexibility index (Phi) is 2.06. The van der Waals surface area contributed by atoms with Crippen LogP contribution in [0.2, 0.25) is 0 Å². The summed E-state index contributed by atoms with van der Waals surface area (Å²) in [6.45, 7) is 4.25. The molecule has 14 heavy (non-hydrogen) atoms. The Labute approximate surface area is 83.9 Å². The van der Waals surface area contributed by atoms with E-state index >= 15 is 0 Å². The van der Waals surface area contributed by atoms with Gasteiger partial charge in [0.25, 0.3) is 0 Å². The summed E-state index contributed by atoms with van der Waals surface area (Å²) in [7, 11) is 0. The standard InChI is InChI=1S/C12H14O2/c1-12(2)7-5-9-3-4-11(13)14-10(9)6-8-12/h5-8H,3-4H2,1-2H3. The van der Waals surface area contributed by atoms with Gasteiger partial charge >= 0.3 is 5.97 Å². The van der Waals surface area contributed by atoms with Crippen LogP contribution in [0.4, 0.5) is 0 Å². The van der Waals surface area contributed by atoms with E-state index < -0.39 is 0 Å². The van der Waals surface area contributed by atoms with Crippen molar-refractivity contribution in [2.24, 2.45) is 5.41 Å². The molecule has 1 aliphatic carbocycles. The molecule has 0 bridgehead atoms. The Balaban J connectivity index is 2.34. The van der Waals surface area contributed by atoms with Gasteiger partial charge in [-0.15, -0.1) is 0 Å². The van der Waals surface area contributed by atoms with Crippen molar-refractivity contribution in [3.8, 4) is 0 Å². The minimum atomic E-state index is -0.124. The number of ether oxygens (including phenoxy) is 1. The van der Waals surface area contributed by atoms with E-state index in [1.54, 1.807) is 0 Å². The third-order valence-corrected chi connectivity index (χ3v) is 2.52. The summed E-state index contributed by atoms with van der Waals surface area (Å²) in [6.07, 6.45) is 9.48. The Bertz CT molecular complexity index is 357. The second kappa shape index (κ2) is 3.12. The summed E-state index contributed by atoms with van der Waals surface area (Å²) in [5.41, 5.74) is 1.18. The van der Waals surface area contributed by atoms with Crippen LogP contribution in [0.15, 0.2) is 35.6 Å². The van der Waals surface area contributed by atoms with E-state index in [1.807, 2.05) is 6.08 Å². The lowest BCUT2D eigenvalue weighted by atomic mass is 9.93. The van der Waals surface area contributed by atoms with Crippen molar-refractivity contribution in [1.82, 2.24) is 0 Å². The Morgan fingerprint density at radius 2 is 1.93 bits per heavy atom. The Hall–Kier alpha value is -1.31. The highest BCUT2D eigenvalue weighted by Gasteiger charge is 2.20. The molecule has 0 aromatic heterocycles. The molecule has 0 saturated carbocycles. The molecule has 0 N–H and O–H groups in total. The molecule has 0 aromatic rings. The van der Waals surface area contributed by atoms with Gasteiger partial charge < -0.3 is 4.74 Å². The van der Waals surface area contributed by atoms with Crippen LogP contribution in [0.1, 0.15) is 26.7 Å². The molecule has 2 nitrogen and oxygen atoms in total. The molecule has 0 spiro atoms. The molecule has 0 unspecified atom stereocenters. The zero-order valence-electron chi connectivity index (χ0n) is 8.54. The summed E-state index contributed by atoms with van der Waals surface area (Å²) < 4.78 is 5.17. The minimum absolute atomic E-state index is 0.0454. The normalized spacial score (nSPS) is 24.3. The van der Waals surface area contributed by atoms with Crippen molar-refractivity contribution in [2.75, 3.05) is 0 Å². The van der Waals surface area contributed by atoms with Crippen molar-refractivity contribution in [1.29, 1.82) is 0 Å². The van der Waals surface area contributed by atoms with Gasteiger partial charge in [-0.2, -0.15) is 0 Å². The number of hydrogen-bond acceptors (Lipinski definition) is 2. The predicted molar refractivity (Wildman–Crippen MR) is 54.4 cm³/mol. The maximum Gasteiger partial charge on any atom is 0.311 e. The molecule has 0 atom stereocenters. The van der Waals surface area contributed by atoms with Gasteiger partial charge in [-0.25, -0.2) is 0 Å². The van der Waals surface area contributed by atoms with Crippen LogP contribution >= 0.6 is 0 Å². The smallest absolute Gasteiger partial charge is 0.311 e. The van der Waals surface area contributed by atoms with Crippen molar-refractivity contribution < 1.29 is 9.53 Å². The van der Waals surface area contributed by atoms with E-state index in [0.717, 1.165) is 17.8 Å². The lowest BCUT2D eigenvalue weighted by Crippen LogP contribution is -2.10. The molecule has 2 aliphatic rings. The summed E-state index contributed by atoms with van der Waals surface area (Å²) in [5, 5.41) is 0. The first-order chi connectivity index (χ1) is 6.57. The van der Waals surface area contributed by atoms with Crippen molar-refractivity contribution in [3.05, 3.63) is 35.6 Å². The van der Waals surface area contributed by atoms with Crippen molar-refractivity contribution >= 4 is 5.97 Å². The van der Waals surface area contributed by atoms with Gasteiger partial charge in [0.1, 0.15) is 5.76 Å². The fourth-order valence-corrected chi connectivity index (χ4v) is 1.57. The van der Waals surface area contributed by atoms with Gasteiger partial charge in [-0.3, -0.25) is 4.79 Å². The quantitative estimate of drug-likeness (QED) is 0.549. The fraction of sp³-hybridized carbons (Fsp3) is 0.417. The van der Waals surface area contributed by atoms with Gasteiger partial charge in [0.05, 0.1) is 6.42 Å². The van der Waals surface area contributed by atoms with E-state index in [2.05, 4.69) is 32.1 Å². The molecule has 2 rings (SSSR count). The molecule has 0 amide bonds. The highest BCUT2D eigenvalue weighted by molar-refractivity contribution is 5.73. The van der Waals surface area contributed by atoms with Crippen LogP contribution in [0.5, 0.6) is 0 Å². The maximum atomic E-state index is 11.1. The largest absolute Gasteiger partial charge is 0.426 e. The molecule has 2 heteroatoms. The lowest BCUT2D eigenvalue weighted by molar-refractivity contribution is -0.140. The molecule has 74 valence electrons. The number of esters is 1. The summed E-state index contributed by atoms with van der Waals surface area (Å²) in [4.78, 5) is 11.1. The van der Waals surface area contributed by atoms with E-state index in [9.17, 15) is 4.79 Å². The number of hydrogen-bond donors (Lipinski definition) is 0. The summed E-state index contributed by atoms with van der Waals surface area (Å²) in [5.74, 6) is 0.601. The highest BCUT2D eigenvalue weighted by atomic mass is 16.5. The highest BCUT2D eigenvalue weighted by Crippen LogP contribution is 2.30.